The molecular weight excluding hydrogens is 224 g/mol. The highest BCUT2D eigenvalue weighted by Crippen LogP contribution is 2.42. The maximum atomic E-state index is 11.8. The fourth-order valence-corrected chi connectivity index (χ4v) is 4.17. The molecule has 0 heterocycles. The van der Waals surface area contributed by atoms with Gasteiger partial charge in [0, 0.05) is 19.1 Å². The molecule has 4 heteroatoms. The summed E-state index contributed by atoms with van der Waals surface area (Å²) in [5.74, 6) is 0.212. The number of Topliss-reactive ketones (excluding diaryl/α,β-unsaturated/α-hetero) is 1. The molecule has 2 atom stereocenters. The Kier molecular flexibility index (Phi) is 3.83. The third kappa shape index (κ3) is 2.84. The van der Waals surface area contributed by atoms with Crippen LogP contribution in [-0.2, 0) is 14.6 Å². The van der Waals surface area contributed by atoms with Gasteiger partial charge in [-0.1, -0.05) is 27.2 Å². The lowest BCUT2D eigenvalue weighted by atomic mass is 9.69. The third-order valence-corrected chi connectivity index (χ3v) is 5.67. The maximum Gasteiger partial charge on any atom is 0.151 e. The summed E-state index contributed by atoms with van der Waals surface area (Å²) in [5.41, 5.74) is -0.00551. The van der Waals surface area contributed by atoms with E-state index in [1.165, 1.54) is 6.26 Å². The fourth-order valence-electron chi connectivity index (χ4n) is 2.58. The molecule has 0 aliphatic heterocycles. The monoisotopic (exact) mass is 246 g/mol. The van der Waals surface area contributed by atoms with Gasteiger partial charge in [-0.15, -0.1) is 0 Å². The average Bonchev–Trinajstić information content (AvgIpc) is 2.16. The second-order valence-electron chi connectivity index (χ2n) is 5.60. The molecule has 0 aromatic heterocycles. The van der Waals surface area contributed by atoms with E-state index < -0.39 is 15.1 Å². The van der Waals surface area contributed by atoms with Crippen LogP contribution in [0.25, 0.3) is 0 Å². The molecule has 1 rings (SSSR count). The van der Waals surface area contributed by atoms with Gasteiger partial charge in [0.05, 0.1) is 5.25 Å². The molecule has 0 aromatic rings. The zero-order valence-electron chi connectivity index (χ0n) is 10.6. The molecule has 0 amide bonds. The second-order valence-corrected chi connectivity index (χ2v) is 7.86. The number of hydrogen-bond donors (Lipinski definition) is 0. The highest BCUT2D eigenvalue weighted by Gasteiger charge is 2.43. The van der Waals surface area contributed by atoms with Gasteiger partial charge in [0.2, 0.25) is 0 Å². The highest BCUT2D eigenvalue weighted by molar-refractivity contribution is 7.91. The van der Waals surface area contributed by atoms with Crippen LogP contribution in [0.3, 0.4) is 0 Å². The molecule has 1 aliphatic rings. The Morgan fingerprint density at radius 1 is 1.38 bits per heavy atom. The van der Waals surface area contributed by atoms with Crippen LogP contribution in [0.5, 0.6) is 0 Å². The van der Waals surface area contributed by atoms with Crippen LogP contribution >= 0.6 is 0 Å². The van der Waals surface area contributed by atoms with Crippen LogP contribution in [0.1, 0.15) is 46.5 Å². The lowest BCUT2D eigenvalue weighted by Crippen LogP contribution is -2.43. The van der Waals surface area contributed by atoms with E-state index in [1.807, 2.05) is 0 Å². The van der Waals surface area contributed by atoms with E-state index in [0.29, 0.717) is 6.42 Å². The molecule has 1 aliphatic carbocycles. The molecule has 0 spiro atoms. The summed E-state index contributed by atoms with van der Waals surface area (Å²) >= 11 is 0. The first-order chi connectivity index (χ1) is 7.18. The molecule has 1 saturated carbocycles. The maximum absolute atomic E-state index is 11.8. The molecule has 0 bridgehead atoms. The Balaban J connectivity index is 3.03. The number of ketones is 1. The van der Waals surface area contributed by atoms with Crippen molar-refractivity contribution in [1.82, 2.24) is 0 Å². The van der Waals surface area contributed by atoms with Crippen LogP contribution in [-0.4, -0.2) is 25.7 Å². The van der Waals surface area contributed by atoms with Crippen LogP contribution < -0.4 is 0 Å². The standard InChI is InChI=1S/C12H22O3S/c1-5-12(2,3)10-7-6-9(13)8-11(10)16(4,14)15/h10-11H,5-8H2,1-4H3. The lowest BCUT2D eigenvalue weighted by molar-refractivity contribution is -0.121. The van der Waals surface area contributed by atoms with Crippen molar-refractivity contribution >= 4 is 15.6 Å². The van der Waals surface area contributed by atoms with Gasteiger partial charge in [0.25, 0.3) is 0 Å². The summed E-state index contributed by atoms with van der Waals surface area (Å²) < 4.78 is 23.5. The molecule has 1 fully saturated rings. The van der Waals surface area contributed by atoms with Crippen molar-refractivity contribution < 1.29 is 13.2 Å². The molecule has 0 aromatic carbocycles. The zero-order valence-corrected chi connectivity index (χ0v) is 11.4. The van der Waals surface area contributed by atoms with Gasteiger partial charge in [0.1, 0.15) is 5.78 Å². The van der Waals surface area contributed by atoms with Gasteiger partial charge in [-0.3, -0.25) is 4.79 Å². The number of carbonyl (C=O) groups is 1. The normalized spacial score (nSPS) is 28.1. The minimum atomic E-state index is -3.12. The van der Waals surface area contributed by atoms with E-state index in [2.05, 4.69) is 20.8 Å². The predicted molar refractivity (Wildman–Crippen MR) is 65.1 cm³/mol. The summed E-state index contributed by atoms with van der Waals surface area (Å²) in [6.07, 6.45) is 3.68. The van der Waals surface area contributed by atoms with E-state index in [1.54, 1.807) is 0 Å². The minimum absolute atomic E-state index is 0.00551. The topological polar surface area (TPSA) is 51.2 Å². The van der Waals surface area contributed by atoms with Gasteiger partial charge in [-0.05, 0) is 17.8 Å². The number of rotatable bonds is 3. The first kappa shape index (κ1) is 13.7. The fraction of sp³-hybridized carbons (Fsp3) is 0.917. The Labute approximate surface area is 98.5 Å². The van der Waals surface area contributed by atoms with Gasteiger partial charge < -0.3 is 0 Å². The molecule has 0 N–H and O–H groups in total. The Bertz CT molecular complexity index is 368. The largest absolute Gasteiger partial charge is 0.300 e. The van der Waals surface area contributed by atoms with Crippen LogP contribution in [0, 0.1) is 11.3 Å². The van der Waals surface area contributed by atoms with E-state index >= 15 is 0 Å². The van der Waals surface area contributed by atoms with Gasteiger partial charge in [-0.25, -0.2) is 8.42 Å². The molecule has 3 nitrogen and oxygen atoms in total. The van der Waals surface area contributed by atoms with Crippen LogP contribution in [0.2, 0.25) is 0 Å². The first-order valence-electron chi connectivity index (χ1n) is 5.89. The van der Waals surface area contributed by atoms with Gasteiger partial charge in [0.15, 0.2) is 9.84 Å². The Morgan fingerprint density at radius 3 is 2.38 bits per heavy atom. The average molecular weight is 246 g/mol. The SMILES string of the molecule is CCC(C)(C)C1CCC(=O)CC1S(C)(=O)=O. The molecular formula is C12H22O3S. The summed E-state index contributed by atoms with van der Waals surface area (Å²) in [6.45, 7) is 6.28. The number of carbonyl (C=O) groups excluding carboxylic acids is 1. The van der Waals surface area contributed by atoms with Crippen molar-refractivity contribution in [3.8, 4) is 0 Å². The second kappa shape index (κ2) is 4.47. The molecule has 16 heavy (non-hydrogen) atoms. The number of hydrogen-bond acceptors (Lipinski definition) is 3. The highest BCUT2D eigenvalue weighted by atomic mass is 32.2. The van der Waals surface area contributed by atoms with E-state index in [0.717, 1.165) is 12.8 Å². The van der Waals surface area contributed by atoms with E-state index in [9.17, 15) is 13.2 Å². The van der Waals surface area contributed by atoms with E-state index in [-0.39, 0.29) is 23.5 Å². The lowest BCUT2D eigenvalue weighted by Gasteiger charge is -2.40. The van der Waals surface area contributed by atoms with Crippen molar-refractivity contribution in [2.24, 2.45) is 11.3 Å². The van der Waals surface area contributed by atoms with Crippen molar-refractivity contribution in [3.63, 3.8) is 0 Å². The third-order valence-electron chi connectivity index (χ3n) is 4.08. The van der Waals surface area contributed by atoms with Crippen LogP contribution in [0.15, 0.2) is 0 Å². The number of sulfone groups is 1. The quantitative estimate of drug-likeness (QED) is 0.767. The molecule has 0 saturated heterocycles. The minimum Gasteiger partial charge on any atom is -0.300 e. The smallest absolute Gasteiger partial charge is 0.151 e. The summed E-state index contributed by atoms with van der Waals surface area (Å²) in [6, 6.07) is 0. The Hall–Kier alpha value is -0.380. The van der Waals surface area contributed by atoms with Crippen molar-refractivity contribution in [2.75, 3.05) is 6.26 Å². The zero-order chi connectivity index (χ0) is 12.6. The molecule has 0 radical (unpaired) electrons. The summed E-state index contributed by atoms with van der Waals surface area (Å²) in [4.78, 5) is 11.4. The predicted octanol–water partition coefficient (Wildman–Crippen LogP) is 2.21. The Morgan fingerprint density at radius 2 is 1.94 bits per heavy atom. The molecule has 2 unspecified atom stereocenters. The van der Waals surface area contributed by atoms with Crippen molar-refractivity contribution in [3.05, 3.63) is 0 Å². The van der Waals surface area contributed by atoms with Gasteiger partial charge in [-0.2, -0.15) is 0 Å². The van der Waals surface area contributed by atoms with Crippen molar-refractivity contribution in [1.29, 1.82) is 0 Å². The van der Waals surface area contributed by atoms with Crippen molar-refractivity contribution in [2.45, 2.75) is 51.7 Å². The summed E-state index contributed by atoms with van der Waals surface area (Å²) in [5, 5.41) is -0.469. The molecule has 94 valence electrons. The summed E-state index contributed by atoms with van der Waals surface area (Å²) in [7, 11) is -3.12. The van der Waals surface area contributed by atoms with Gasteiger partial charge >= 0.3 is 0 Å². The van der Waals surface area contributed by atoms with Crippen LogP contribution in [0.4, 0.5) is 0 Å². The first-order valence-corrected chi connectivity index (χ1v) is 7.84. The van der Waals surface area contributed by atoms with E-state index in [4.69, 9.17) is 0 Å².